The van der Waals surface area contributed by atoms with Gasteiger partial charge in [0.15, 0.2) is 6.61 Å². The van der Waals surface area contributed by atoms with Gasteiger partial charge in [-0.05, 0) is 19.1 Å². The van der Waals surface area contributed by atoms with Gasteiger partial charge in [-0.3, -0.25) is 9.63 Å². The highest BCUT2D eigenvalue weighted by atomic mass is 19.4. The van der Waals surface area contributed by atoms with Crippen molar-refractivity contribution < 1.29 is 22.8 Å². The van der Waals surface area contributed by atoms with Crippen LogP contribution in [-0.2, 0) is 4.84 Å². The van der Waals surface area contributed by atoms with E-state index >= 15 is 0 Å². The van der Waals surface area contributed by atoms with Crippen LogP contribution in [0.1, 0.15) is 21.7 Å². The van der Waals surface area contributed by atoms with Crippen LogP contribution >= 0.6 is 0 Å². The number of alkyl halides is 3. The molecule has 0 spiro atoms. The highest BCUT2D eigenvalue weighted by Crippen LogP contribution is 2.13. The fourth-order valence-electron chi connectivity index (χ4n) is 1.04. The fourth-order valence-corrected chi connectivity index (χ4v) is 1.04. The van der Waals surface area contributed by atoms with E-state index in [0.29, 0.717) is 5.69 Å². The number of carbonyl (C=O) groups excluding carboxylic acids is 1. The van der Waals surface area contributed by atoms with Crippen LogP contribution in [0.5, 0.6) is 0 Å². The minimum Gasteiger partial charge on any atom is -0.265 e. The Balaban J connectivity index is 2.63. The van der Waals surface area contributed by atoms with Crippen molar-refractivity contribution in [1.82, 2.24) is 10.5 Å². The molecule has 96 valence electrons. The number of pyridine rings is 1. The third kappa shape index (κ3) is 4.03. The first-order valence-electron chi connectivity index (χ1n) is 4.70. The molecule has 0 radical (unpaired) electrons. The normalized spacial score (nSPS) is 10.8. The number of hydrogen-bond acceptors (Lipinski definition) is 4. The SMILES string of the molecule is Cc1nc(C(=O)NOCC(F)(F)F)ccc1C#N. The van der Waals surface area contributed by atoms with E-state index in [1.165, 1.54) is 19.1 Å². The van der Waals surface area contributed by atoms with Crippen LogP contribution in [0.15, 0.2) is 12.1 Å². The zero-order valence-corrected chi connectivity index (χ0v) is 9.21. The van der Waals surface area contributed by atoms with E-state index in [1.807, 2.05) is 6.07 Å². The molecule has 0 bridgehead atoms. The summed E-state index contributed by atoms with van der Waals surface area (Å²) in [7, 11) is 0. The lowest BCUT2D eigenvalue weighted by Crippen LogP contribution is -2.30. The van der Waals surface area contributed by atoms with Gasteiger partial charge in [0, 0.05) is 0 Å². The number of aryl methyl sites for hydroxylation is 1. The van der Waals surface area contributed by atoms with Crippen molar-refractivity contribution in [2.75, 3.05) is 6.61 Å². The molecule has 1 rings (SSSR count). The molecule has 0 aromatic carbocycles. The largest absolute Gasteiger partial charge is 0.414 e. The maximum Gasteiger partial charge on any atom is 0.414 e. The number of nitriles is 1. The Hall–Kier alpha value is -2.14. The number of hydrogen-bond donors (Lipinski definition) is 1. The molecule has 0 saturated carbocycles. The van der Waals surface area contributed by atoms with Gasteiger partial charge in [0.25, 0.3) is 5.91 Å². The molecule has 0 saturated heterocycles. The standard InChI is InChI=1S/C10H8F3N3O2/c1-6-7(4-14)2-3-8(15-6)9(17)16-18-5-10(11,12)13/h2-3H,5H2,1H3,(H,16,17). The van der Waals surface area contributed by atoms with Gasteiger partial charge < -0.3 is 0 Å². The summed E-state index contributed by atoms with van der Waals surface area (Å²) in [5.41, 5.74) is 2.07. The van der Waals surface area contributed by atoms with E-state index < -0.39 is 18.7 Å². The van der Waals surface area contributed by atoms with Crippen molar-refractivity contribution in [3.8, 4) is 6.07 Å². The summed E-state index contributed by atoms with van der Waals surface area (Å²) in [6, 6.07) is 4.42. The number of rotatable bonds is 3. The third-order valence-electron chi connectivity index (χ3n) is 1.84. The van der Waals surface area contributed by atoms with Crippen LogP contribution in [0, 0.1) is 18.3 Å². The molecule has 0 aliphatic carbocycles. The molecule has 1 aromatic rings. The van der Waals surface area contributed by atoms with E-state index in [4.69, 9.17) is 5.26 Å². The lowest BCUT2D eigenvalue weighted by Gasteiger charge is -2.08. The molecule has 8 heteroatoms. The van der Waals surface area contributed by atoms with Crippen molar-refractivity contribution in [3.05, 3.63) is 29.1 Å². The number of carbonyl (C=O) groups is 1. The maximum atomic E-state index is 11.7. The second-order valence-corrected chi connectivity index (χ2v) is 3.28. The molecular weight excluding hydrogens is 251 g/mol. The van der Waals surface area contributed by atoms with Crippen LogP contribution in [0.4, 0.5) is 13.2 Å². The smallest absolute Gasteiger partial charge is 0.265 e. The number of hydroxylamine groups is 1. The molecular formula is C10H8F3N3O2. The van der Waals surface area contributed by atoms with Crippen LogP contribution in [0.25, 0.3) is 0 Å². The summed E-state index contributed by atoms with van der Waals surface area (Å²) < 4.78 is 35.2. The topological polar surface area (TPSA) is 75.0 Å². The van der Waals surface area contributed by atoms with Crippen molar-refractivity contribution in [1.29, 1.82) is 5.26 Å². The van der Waals surface area contributed by atoms with Crippen LogP contribution in [0.3, 0.4) is 0 Å². The van der Waals surface area contributed by atoms with Gasteiger partial charge in [0.1, 0.15) is 11.8 Å². The molecule has 1 amide bonds. The van der Waals surface area contributed by atoms with E-state index in [-0.39, 0.29) is 11.3 Å². The summed E-state index contributed by atoms with van der Waals surface area (Å²) in [6.45, 7) is -0.0834. The molecule has 0 aliphatic rings. The zero-order valence-electron chi connectivity index (χ0n) is 9.21. The average molecular weight is 259 g/mol. The van der Waals surface area contributed by atoms with Gasteiger partial charge in [-0.2, -0.15) is 18.4 Å². The van der Waals surface area contributed by atoms with Crippen molar-refractivity contribution in [2.45, 2.75) is 13.1 Å². The van der Waals surface area contributed by atoms with E-state index in [2.05, 4.69) is 9.82 Å². The summed E-state index contributed by atoms with van der Waals surface area (Å²) in [5.74, 6) is -0.910. The van der Waals surface area contributed by atoms with Crippen molar-refractivity contribution in [3.63, 3.8) is 0 Å². The number of nitrogens with zero attached hydrogens (tertiary/aromatic N) is 2. The molecule has 0 aliphatic heterocycles. The second kappa shape index (κ2) is 5.46. The minimum absolute atomic E-state index is 0.131. The molecule has 5 nitrogen and oxygen atoms in total. The first-order chi connectivity index (χ1) is 8.33. The Morgan fingerprint density at radius 1 is 1.56 bits per heavy atom. The van der Waals surface area contributed by atoms with Gasteiger partial charge in [-0.15, -0.1) is 0 Å². The monoisotopic (exact) mass is 259 g/mol. The number of halogens is 3. The molecule has 1 heterocycles. The molecule has 18 heavy (non-hydrogen) atoms. The van der Waals surface area contributed by atoms with Crippen LogP contribution < -0.4 is 5.48 Å². The molecule has 1 aromatic heterocycles. The fraction of sp³-hybridized carbons (Fsp3) is 0.300. The van der Waals surface area contributed by atoms with Gasteiger partial charge in [-0.25, -0.2) is 10.5 Å². The summed E-state index contributed by atoms with van der Waals surface area (Å²) in [4.78, 5) is 19.1. The first-order valence-corrected chi connectivity index (χ1v) is 4.70. The molecule has 0 unspecified atom stereocenters. The van der Waals surface area contributed by atoms with Crippen molar-refractivity contribution >= 4 is 5.91 Å². The highest BCUT2D eigenvalue weighted by Gasteiger charge is 2.28. The average Bonchev–Trinajstić information content (AvgIpc) is 2.27. The quantitative estimate of drug-likeness (QED) is 0.834. The van der Waals surface area contributed by atoms with E-state index in [1.54, 1.807) is 5.48 Å². The van der Waals surface area contributed by atoms with E-state index in [9.17, 15) is 18.0 Å². The minimum atomic E-state index is -4.53. The predicted molar refractivity (Wildman–Crippen MR) is 53.2 cm³/mol. The van der Waals surface area contributed by atoms with Crippen LogP contribution in [-0.4, -0.2) is 23.7 Å². The summed E-state index contributed by atoms with van der Waals surface area (Å²) >= 11 is 0. The Kier molecular flexibility index (Phi) is 4.23. The number of nitrogens with one attached hydrogen (secondary N) is 1. The Morgan fingerprint density at radius 2 is 2.22 bits per heavy atom. The molecule has 0 fully saturated rings. The van der Waals surface area contributed by atoms with Gasteiger partial charge >= 0.3 is 6.18 Å². The zero-order chi connectivity index (χ0) is 13.8. The lowest BCUT2D eigenvalue weighted by atomic mass is 10.2. The Bertz CT molecular complexity index is 494. The van der Waals surface area contributed by atoms with Gasteiger partial charge in [0.05, 0.1) is 11.3 Å². The Labute approximate surface area is 100 Å². The Morgan fingerprint density at radius 3 is 2.72 bits per heavy atom. The van der Waals surface area contributed by atoms with Crippen LogP contribution in [0.2, 0.25) is 0 Å². The number of aromatic nitrogens is 1. The van der Waals surface area contributed by atoms with E-state index in [0.717, 1.165) is 0 Å². The first kappa shape index (κ1) is 13.9. The summed E-state index contributed by atoms with van der Waals surface area (Å²) in [6.07, 6.45) is -4.53. The predicted octanol–water partition coefficient (Wildman–Crippen LogP) is 1.49. The molecule has 0 atom stereocenters. The van der Waals surface area contributed by atoms with Gasteiger partial charge in [-0.1, -0.05) is 0 Å². The third-order valence-corrected chi connectivity index (χ3v) is 1.84. The second-order valence-electron chi connectivity index (χ2n) is 3.28. The molecule has 1 N–H and O–H groups in total. The van der Waals surface area contributed by atoms with Crippen molar-refractivity contribution in [2.24, 2.45) is 0 Å². The summed E-state index contributed by atoms with van der Waals surface area (Å²) in [5, 5.41) is 8.64. The van der Waals surface area contributed by atoms with Gasteiger partial charge in [0.2, 0.25) is 0 Å². The number of amides is 1. The lowest BCUT2D eigenvalue weighted by molar-refractivity contribution is -0.184. The maximum absolute atomic E-state index is 11.7. The highest BCUT2D eigenvalue weighted by molar-refractivity contribution is 5.91.